The van der Waals surface area contributed by atoms with Crippen LogP contribution in [0.1, 0.15) is 17.3 Å². The number of nitrogens with zero attached hydrogens (tertiary/aromatic N) is 1. The minimum Gasteiger partial charge on any atom is -0.477 e. The number of amides is 1. The van der Waals surface area contributed by atoms with Crippen LogP contribution >= 0.6 is 0 Å². The minimum atomic E-state index is -0.200. The second-order valence-corrected chi connectivity index (χ2v) is 3.04. The van der Waals surface area contributed by atoms with E-state index in [1.165, 1.54) is 0 Å². The Kier molecular flexibility index (Phi) is 5.28. The second kappa shape index (κ2) is 6.79. The van der Waals surface area contributed by atoms with E-state index in [0.717, 1.165) is 0 Å². The summed E-state index contributed by atoms with van der Waals surface area (Å²) in [6.45, 7) is 3.28. The van der Waals surface area contributed by atoms with Gasteiger partial charge in [-0.2, -0.15) is 0 Å². The Hall–Kier alpha value is -1.62. The number of hydrogen-bond acceptors (Lipinski definition) is 4. The van der Waals surface area contributed by atoms with Crippen LogP contribution in [-0.4, -0.2) is 37.8 Å². The molecule has 0 atom stereocenters. The quantitative estimate of drug-likeness (QED) is 0.728. The van der Waals surface area contributed by atoms with Gasteiger partial charge in [0.15, 0.2) is 0 Å². The third kappa shape index (κ3) is 3.51. The van der Waals surface area contributed by atoms with Crippen molar-refractivity contribution < 1.29 is 14.3 Å². The van der Waals surface area contributed by atoms with E-state index >= 15 is 0 Å². The van der Waals surface area contributed by atoms with Crippen LogP contribution in [0.2, 0.25) is 0 Å². The number of pyridine rings is 1. The monoisotopic (exact) mass is 224 g/mol. The lowest BCUT2D eigenvalue weighted by molar-refractivity contribution is 0.0932. The van der Waals surface area contributed by atoms with Crippen molar-refractivity contribution in [3.05, 3.63) is 23.9 Å². The highest BCUT2D eigenvalue weighted by Gasteiger charge is 2.12. The molecule has 0 aliphatic heterocycles. The fourth-order valence-corrected chi connectivity index (χ4v) is 1.18. The van der Waals surface area contributed by atoms with Crippen LogP contribution in [0.15, 0.2) is 18.3 Å². The highest BCUT2D eigenvalue weighted by atomic mass is 16.5. The summed E-state index contributed by atoms with van der Waals surface area (Å²) in [6.07, 6.45) is 1.59. The first-order valence-electron chi connectivity index (χ1n) is 5.14. The lowest BCUT2D eigenvalue weighted by Gasteiger charge is -2.08. The molecule has 0 aliphatic rings. The number of hydrogen-bond donors (Lipinski definition) is 1. The summed E-state index contributed by atoms with van der Waals surface area (Å²) in [5.74, 6) is 0.161. The molecule has 0 fully saturated rings. The summed E-state index contributed by atoms with van der Waals surface area (Å²) in [5.41, 5.74) is 0.445. The molecule has 0 saturated heterocycles. The number of nitrogens with one attached hydrogen (secondary N) is 1. The van der Waals surface area contributed by atoms with Crippen LogP contribution in [0.5, 0.6) is 5.88 Å². The molecule has 5 heteroatoms. The average Bonchev–Trinajstić information content (AvgIpc) is 2.30. The molecule has 88 valence electrons. The molecule has 5 nitrogen and oxygen atoms in total. The first-order chi connectivity index (χ1) is 7.79. The van der Waals surface area contributed by atoms with Crippen molar-refractivity contribution >= 4 is 5.91 Å². The van der Waals surface area contributed by atoms with E-state index in [4.69, 9.17) is 9.47 Å². The Labute approximate surface area is 94.8 Å². The molecular weight excluding hydrogens is 208 g/mol. The van der Waals surface area contributed by atoms with E-state index in [0.29, 0.717) is 31.2 Å². The van der Waals surface area contributed by atoms with E-state index in [9.17, 15) is 4.79 Å². The molecule has 0 spiro atoms. The van der Waals surface area contributed by atoms with Gasteiger partial charge in [-0.25, -0.2) is 4.98 Å². The third-order valence-corrected chi connectivity index (χ3v) is 1.89. The molecule has 1 N–H and O–H groups in total. The van der Waals surface area contributed by atoms with Crippen molar-refractivity contribution in [1.82, 2.24) is 10.3 Å². The van der Waals surface area contributed by atoms with Gasteiger partial charge in [-0.3, -0.25) is 4.79 Å². The summed E-state index contributed by atoms with van der Waals surface area (Å²) in [4.78, 5) is 15.7. The maximum atomic E-state index is 11.7. The molecule has 1 aromatic rings. The zero-order chi connectivity index (χ0) is 11.8. The molecule has 0 aromatic carbocycles. The van der Waals surface area contributed by atoms with Gasteiger partial charge in [-0.05, 0) is 19.1 Å². The molecule has 0 unspecified atom stereocenters. The van der Waals surface area contributed by atoms with Gasteiger partial charge in [0.1, 0.15) is 5.56 Å². The van der Waals surface area contributed by atoms with E-state index in [1.807, 2.05) is 6.92 Å². The highest BCUT2D eigenvalue weighted by molar-refractivity contribution is 5.96. The Bertz CT molecular complexity index is 342. The van der Waals surface area contributed by atoms with Gasteiger partial charge in [0, 0.05) is 19.9 Å². The summed E-state index contributed by atoms with van der Waals surface area (Å²) in [6, 6.07) is 3.38. The molecule has 0 radical (unpaired) electrons. The molecule has 0 bridgehead atoms. The first kappa shape index (κ1) is 12.4. The predicted molar refractivity (Wildman–Crippen MR) is 59.6 cm³/mol. The zero-order valence-electron chi connectivity index (χ0n) is 9.53. The maximum Gasteiger partial charge on any atom is 0.256 e. The topological polar surface area (TPSA) is 60.5 Å². The van der Waals surface area contributed by atoms with E-state index in [2.05, 4.69) is 10.3 Å². The molecule has 1 heterocycles. The van der Waals surface area contributed by atoms with Gasteiger partial charge in [-0.1, -0.05) is 0 Å². The van der Waals surface area contributed by atoms with Crippen LogP contribution < -0.4 is 10.1 Å². The van der Waals surface area contributed by atoms with E-state index in [-0.39, 0.29) is 5.91 Å². The summed E-state index contributed by atoms with van der Waals surface area (Å²) < 4.78 is 10.1. The Morgan fingerprint density at radius 2 is 2.38 bits per heavy atom. The van der Waals surface area contributed by atoms with Gasteiger partial charge >= 0.3 is 0 Å². The lowest BCUT2D eigenvalue weighted by Crippen LogP contribution is -2.27. The molecule has 1 rings (SSSR count). The minimum absolute atomic E-state index is 0.200. The fourth-order valence-electron chi connectivity index (χ4n) is 1.18. The lowest BCUT2D eigenvalue weighted by atomic mass is 10.2. The van der Waals surface area contributed by atoms with Crippen LogP contribution in [0.4, 0.5) is 0 Å². The van der Waals surface area contributed by atoms with Crippen molar-refractivity contribution in [2.45, 2.75) is 6.92 Å². The highest BCUT2D eigenvalue weighted by Crippen LogP contribution is 2.13. The standard InChI is InChI=1S/C11H16N2O3/c1-3-16-11-9(5-4-6-13-11)10(14)12-7-8-15-2/h4-6H,3,7-8H2,1-2H3,(H,12,14). The predicted octanol–water partition coefficient (Wildman–Crippen LogP) is 0.856. The Morgan fingerprint density at radius 3 is 3.06 bits per heavy atom. The van der Waals surface area contributed by atoms with Gasteiger partial charge in [0.25, 0.3) is 5.91 Å². The van der Waals surface area contributed by atoms with Crippen molar-refractivity contribution in [2.75, 3.05) is 26.9 Å². The summed E-state index contributed by atoms with van der Waals surface area (Å²) >= 11 is 0. The number of aromatic nitrogens is 1. The number of carbonyl (C=O) groups excluding carboxylic acids is 1. The van der Waals surface area contributed by atoms with Crippen molar-refractivity contribution in [1.29, 1.82) is 0 Å². The first-order valence-corrected chi connectivity index (χ1v) is 5.14. The number of rotatable bonds is 6. The van der Waals surface area contributed by atoms with E-state index in [1.54, 1.807) is 25.4 Å². The summed E-state index contributed by atoms with van der Waals surface area (Å²) in [7, 11) is 1.59. The second-order valence-electron chi connectivity index (χ2n) is 3.04. The van der Waals surface area contributed by atoms with Crippen LogP contribution in [-0.2, 0) is 4.74 Å². The van der Waals surface area contributed by atoms with Gasteiger partial charge in [0.05, 0.1) is 13.2 Å². The van der Waals surface area contributed by atoms with Crippen LogP contribution in [0.25, 0.3) is 0 Å². The smallest absolute Gasteiger partial charge is 0.256 e. The van der Waals surface area contributed by atoms with E-state index < -0.39 is 0 Å². The normalized spacial score (nSPS) is 9.88. The van der Waals surface area contributed by atoms with Crippen LogP contribution in [0.3, 0.4) is 0 Å². The van der Waals surface area contributed by atoms with Gasteiger partial charge in [0.2, 0.25) is 5.88 Å². The third-order valence-electron chi connectivity index (χ3n) is 1.89. The van der Waals surface area contributed by atoms with Gasteiger partial charge in [-0.15, -0.1) is 0 Å². The van der Waals surface area contributed by atoms with Gasteiger partial charge < -0.3 is 14.8 Å². The molecule has 0 aliphatic carbocycles. The van der Waals surface area contributed by atoms with Crippen molar-refractivity contribution in [2.24, 2.45) is 0 Å². The zero-order valence-corrected chi connectivity index (χ0v) is 9.53. The largest absolute Gasteiger partial charge is 0.477 e. The molecule has 1 amide bonds. The van der Waals surface area contributed by atoms with Crippen molar-refractivity contribution in [3.8, 4) is 5.88 Å². The molecule has 16 heavy (non-hydrogen) atoms. The summed E-state index contributed by atoms with van der Waals surface area (Å²) in [5, 5.41) is 2.71. The Morgan fingerprint density at radius 1 is 1.56 bits per heavy atom. The number of ether oxygens (including phenoxy) is 2. The number of methoxy groups -OCH3 is 1. The SMILES string of the molecule is CCOc1ncccc1C(=O)NCCOC. The maximum absolute atomic E-state index is 11.7. The molecule has 1 aromatic heterocycles. The Balaban J connectivity index is 2.66. The van der Waals surface area contributed by atoms with Crippen LogP contribution in [0, 0.1) is 0 Å². The molecule has 0 saturated carbocycles. The van der Waals surface area contributed by atoms with Crippen molar-refractivity contribution in [3.63, 3.8) is 0 Å². The molecular formula is C11H16N2O3. The fraction of sp³-hybridized carbons (Fsp3) is 0.455. The average molecular weight is 224 g/mol. The number of carbonyl (C=O) groups is 1.